The van der Waals surface area contributed by atoms with E-state index in [4.69, 9.17) is 0 Å². The van der Waals surface area contributed by atoms with Crippen molar-refractivity contribution in [3.63, 3.8) is 0 Å². The predicted molar refractivity (Wildman–Crippen MR) is 213 cm³/mol. The summed E-state index contributed by atoms with van der Waals surface area (Å²) in [5.74, 6) is 0. The fourth-order valence-corrected chi connectivity index (χ4v) is 8.16. The van der Waals surface area contributed by atoms with E-state index in [2.05, 4.69) is 207 Å². The molecule has 0 N–H and O–H groups in total. The maximum atomic E-state index is 2.39. The first-order valence-electron chi connectivity index (χ1n) is 17.5. The van der Waals surface area contributed by atoms with Crippen molar-refractivity contribution in [3.05, 3.63) is 199 Å². The Morgan fingerprint density at radius 3 is 1.42 bits per heavy atom. The number of benzene rings is 8. The van der Waals surface area contributed by atoms with Gasteiger partial charge in [0.15, 0.2) is 0 Å². The van der Waals surface area contributed by atoms with Gasteiger partial charge < -0.3 is 4.90 Å². The van der Waals surface area contributed by atoms with Crippen LogP contribution in [0.25, 0.3) is 55.3 Å². The summed E-state index contributed by atoms with van der Waals surface area (Å²) in [7, 11) is 0. The normalized spacial score (nSPS) is 12.8. The molecule has 1 nitrogen and oxygen atoms in total. The van der Waals surface area contributed by atoms with Crippen LogP contribution in [0.4, 0.5) is 17.1 Å². The van der Waals surface area contributed by atoms with Crippen LogP contribution < -0.4 is 4.90 Å². The largest absolute Gasteiger partial charge is 0.311 e. The second-order valence-electron chi connectivity index (χ2n) is 13.7. The highest BCUT2D eigenvalue weighted by Gasteiger charge is 2.39. The molecule has 1 aliphatic rings. The van der Waals surface area contributed by atoms with Gasteiger partial charge in [0.05, 0.1) is 0 Å². The Kier molecular flexibility index (Phi) is 7.21. The highest BCUT2D eigenvalue weighted by molar-refractivity contribution is 6.14. The summed E-state index contributed by atoms with van der Waals surface area (Å²) in [6.45, 7) is 4.78. The zero-order chi connectivity index (χ0) is 33.7. The second-order valence-corrected chi connectivity index (χ2v) is 13.7. The Morgan fingerprint density at radius 1 is 0.340 bits per heavy atom. The molecule has 0 bridgehead atoms. The van der Waals surface area contributed by atoms with Crippen molar-refractivity contribution in [3.8, 4) is 44.5 Å². The Hall–Kier alpha value is -6.18. The SMILES string of the molecule is CC1(C)c2ccccc2-c2c(-c3ccc(N(c4ccccc4)c4ccccc4)cc3)c(-c3ccc(-c4ccccc4)cc3)c3ccccc3c21. The Labute approximate surface area is 294 Å². The van der Waals surface area contributed by atoms with E-state index < -0.39 is 0 Å². The monoisotopic (exact) mass is 639 g/mol. The first kappa shape index (κ1) is 29.9. The van der Waals surface area contributed by atoms with Crippen LogP contribution >= 0.6 is 0 Å². The van der Waals surface area contributed by atoms with Gasteiger partial charge in [-0.15, -0.1) is 0 Å². The molecule has 0 saturated carbocycles. The first-order chi connectivity index (χ1) is 24.6. The molecule has 0 aromatic heterocycles. The molecule has 0 radical (unpaired) electrons. The average Bonchev–Trinajstić information content (AvgIpc) is 3.42. The van der Waals surface area contributed by atoms with Crippen LogP contribution in [-0.4, -0.2) is 0 Å². The summed E-state index contributed by atoms with van der Waals surface area (Å²) in [5, 5.41) is 2.61. The number of hydrogen-bond donors (Lipinski definition) is 0. The van der Waals surface area contributed by atoms with E-state index in [0.29, 0.717) is 0 Å². The van der Waals surface area contributed by atoms with Gasteiger partial charge >= 0.3 is 0 Å². The van der Waals surface area contributed by atoms with Crippen LogP contribution in [-0.2, 0) is 5.41 Å². The number of anilines is 3. The standard InChI is InChI=1S/C49H37N/c1-49(2)44-25-15-14-24-43(44)47-46(37-30-32-40(33-31-37)50(38-18-8-4-9-19-38)39-20-10-5-11-21-39)45(41-22-12-13-23-42(41)48(47)49)36-28-26-35(27-29-36)34-16-6-3-7-17-34/h3-33H,1-2H3. The molecule has 0 heterocycles. The molecule has 0 amide bonds. The third-order valence-corrected chi connectivity index (χ3v) is 10.4. The molecular weight excluding hydrogens is 603 g/mol. The van der Waals surface area contributed by atoms with Gasteiger partial charge in [0.25, 0.3) is 0 Å². The summed E-state index contributed by atoms with van der Waals surface area (Å²) in [6.07, 6.45) is 0. The molecule has 8 aromatic carbocycles. The summed E-state index contributed by atoms with van der Waals surface area (Å²) >= 11 is 0. The van der Waals surface area contributed by atoms with Crippen LogP contribution in [0.5, 0.6) is 0 Å². The van der Waals surface area contributed by atoms with Crippen molar-refractivity contribution in [2.45, 2.75) is 19.3 Å². The average molecular weight is 640 g/mol. The highest BCUT2D eigenvalue weighted by Crippen LogP contribution is 2.58. The maximum absolute atomic E-state index is 2.39. The van der Waals surface area contributed by atoms with Crippen LogP contribution in [0, 0.1) is 0 Å². The lowest BCUT2D eigenvalue weighted by atomic mass is 9.77. The Bertz CT molecular complexity index is 2420. The summed E-state index contributed by atoms with van der Waals surface area (Å²) < 4.78 is 0. The molecule has 1 heteroatoms. The third kappa shape index (κ3) is 4.85. The van der Waals surface area contributed by atoms with Crippen molar-refractivity contribution < 1.29 is 0 Å². The lowest BCUT2D eigenvalue weighted by Crippen LogP contribution is -2.15. The number of hydrogen-bond acceptors (Lipinski definition) is 1. The number of fused-ring (bicyclic) bond motifs is 5. The van der Waals surface area contributed by atoms with Gasteiger partial charge in [0.1, 0.15) is 0 Å². The fourth-order valence-electron chi connectivity index (χ4n) is 8.16. The van der Waals surface area contributed by atoms with E-state index in [9.17, 15) is 0 Å². The molecule has 238 valence electrons. The molecule has 8 aromatic rings. The lowest BCUT2D eigenvalue weighted by molar-refractivity contribution is 0.666. The van der Waals surface area contributed by atoms with E-state index in [1.165, 1.54) is 66.4 Å². The van der Waals surface area contributed by atoms with Crippen LogP contribution in [0.2, 0.25) is 0 Å². The van der Waals surface area contributed by atoms with Gasteiger partial charge in [-0.1, -0.05) is 166 Å². The molecule has 0 fully saturated rings. The second kappa shape index (κ2) is 12.1. The predicted octanol–water partition coefficient (Wildman–Crippen LogP) is 13.6. The topological polar surface area (TPSA) is 3.24 Å². The minimum atomic E-state index is -0.146. The van der Waals surface area contributed by atoms with Gasteiger partial charge in [0.2, 0.25) is 0 Å². The highest BCUT2D eigenvalue weighted by atomic mass is 15.1. The van der Waals surface area contributed by atoms with E-state index >= 15 is 0 Å². The van der Waals surface area contributed by atoms with Crippen LogP contribution in [0.1, 0.15) is 25.0 Å². The number of para-hydroxylation sites is 2. The van der Waals surface area contributed by atoms with Crippen LogP contribution in [0.15, 0.2) is 188 Å². The molecule has 0 unspecified atom stereocenters. The van der Waals surface area contributed by atoms with Crippen molar-refractivity contribution in [2.24, 2.45) is 0 Å². The smallest absolute Gasteiger partial charge is 0.0462 e. The van der Waals surface area contributed by atoms with Crippen molar-refractivity contribution in [2.75, 3.05) is 4.90 Å². The van der Waals surface area contributed by atoms with Crippen molar-refractivity contribution in [1.82, 2.24) is 0 Å². The maximum Gasteiger partial charge on any atom is 0.0462 e. The van der Waals surface area contributed by atoms with E-state index in [-0.39, 0.29) is 5.41 Å². The van der Waals surface area contributed by atoms with Gasteiger partial charge in [-0.25, -0.2) is 0 Å². The molecule has 50 heavy (non-hydrogen) atoms. The third-order valence-electron chi connectivity index (χ3n) is 10.4. The Balaban J connectivity index is 1.30. The van der Waals surface area contributed by atoms with E-state index in [0.717, 1.165) is 17.1 Å². The summed E-state index contributed by atoms with van der Waals surface area (Å²) in [4.78, 5) is 2.33. The number of nitrogens with zero attached hydrogens (tertiary/aromatic N) is 1. The minimum absolute atomic E-state index is 0.146. The quantitative estimate of drug-likeness (QED) is 0.175. The molecule has 0 aliphatic heterocycles. The minimum Gasteiger partial charge on any atom is -0.311 e. The van der Waals surface area contributed by atoms with Gasteiger partial charge in [-0.05, 0) is 103 Å². The number of rotatable bonds is 6. The fraction of sp³-hybridized carbons (Fsp3) is 0.0612. The van der Waals surface area contributed by atoms with E-state index in [1.807, 2.05) is 0 Å². The zero-order valence-corrected chi connectivity index (χ0v) is 28.3. The molecule has 0 atom stereocenters. The molecule has 0 saturated heterocycles. The molecule has 0 spiro atoms. The van der Waals surface area contributed by atoms with Crippen molar-refractivity contribution in [1.29, 1.82) is 0 Å². The Morgan fingerprint density at radius 2 is 0.780 bits per heavy atom. The zero-order valence-electron chi connectivity index (χ0n) is 28.3. The molecular formula is C49H37N. The van der Waals surface area contributed by atoms with Crippen molar-refractivity contribution >= 4 is 27.8 Å². The summed E-state index contributed by atoms with van der Waals surface area (Å²) in [5.41, 5.74) is 16.2. The molecule has 1 aliphatic carbocycles. The summed E-state index contributed by atoms with van der Waals surface area (Å²) in [6, 6.07) is 68.4. The lowest BCUT2D eigenvalue weighted by Gasteiger charge is -2.27. The first-order valence-corrected chi connectivity index (χ1v) is 17.5. The van der Waals surface area contributed by atoms with E-state index in [1.54, 1.807) is 0 Å². The van der Waals surface area contributed by atoms with Gasteiger partial charge in [-0.2, -0.15) is 0 Å². The molecule has 9 rings (SSSR count). The van der Waals surface area contributed by atoms with Gasteiger partial charge in [0, 0.05) is 22.5 Å². The van der Waals surface area contributed by atoms with Gasteiger partial charge in [-0.3, -0.25) is 0 Å². The van der Waals surface area contributed by atoms with Crippen LogP contribution in [0.3, 0.4) is 0 Å².